The van der Waals surface area contributed by atoms with Crippen molar-refractivity contribution in [2.24, 2.45) is 0 Å². The number of hydrogen-bond acceptors (Lipinski definition) is 3. The molecule has 1 aliphatic heterocycles. The molecule has 120 valence electrons. The third-order valence-corrected chi connectivity index (χ3v) is 4.93. The van der Waals surface area contributed by atoms with Crippen LogP contribution in [0, 0.1) is 0 Å². The number of benzene rings is 3. The molecule has 0 unspecified atom stereocenters. The van der Waals surface area contributed by atoms with E-state index in [1.165, 1.54) is 5.56 Å². The van der Waals surface area contributed by atoms with Crippen molar-refractivity contribution >= 4 is 17.1 Å². The van der Waals surface area contributed by atoms with Crippen LogP contribution in [0.2, 0.25) is 0 Å². The van der Waals surface area contributed by atoms with E-state index in [0.717, 1.165) is 46.8 Å². The molecule has 3 nitrogen and oxygen atoms in total. The summed E-state index contributed by atoms with van der Waals surface area (Å²) in [6.07, 6.45) is 0.979. The first-order valence-electron chi connectivity index (χ1n) is 8.14. The summed E-state index contributed by atoms with van der Waals surface area (Å²) < 4.78 is 0. The first kappa shape index (κ1) is 14.9. The highest BCUT2D eigenvalue weighted by atomic mass is 16.3. The third-order valence-electron chi connectivity index (χ3n) is 4.93. The van der Waals surface area contributed by atoms with E-state index in [0.29, 0.717) is 0 Å². The number of rotatable bonds is 2. The van der Waals surface area contributed by atoms with Gasteiger partial charge in [0.1, 0.15) is 5.75 Å². The van der Waals surface area contributed by atoms with Crippen LogP contribution in [0.25, 0.3) is 10.8 Å². The molecule has 3 aromatic rings. The van der Waals surface area contributed by atoms with Crippen LogP contribution in [-0.4, -0.2) is 29.9 Å². The predicted octanol–water partition coefficient (Wildman–Crippen LogP) is 3.94. The Hall–Kier alpha value is -2.65. The molecule has 0 saturated heterocycles. The molecule has 0 radical (unpaired) electrons. The Morgan fingerprint density at radius 2 is 1.88 bits per heavy atom. The Balaban J connectivity index is 1.93. The molecule has 0 bridgehead atoms. The molecule has 1 heterocycles. The van der Waals surface area contributed by atoms with Crippen molar-refractivity contribution in [3.63, 3.8) is 0 Å². The van der Waals surface area contributed by atoms with Crippen LogP contribution >= 0.6 is 0 Å². The maximum absolute atomic E-state index is 11.9. The van der Waals surface area contributed by atoms with Crippen LogP contribution < -0.4 is 0 Å². The summed E-state index contributed by atoms with van der Waals surface area (Å²) in [5, 5.41) is 11.9. The molecule has 0 amide bonds. The van der Waals surface area contributed by atoms with Crippen LogP contribution in [-0.2, 0) is 6.54 Å². The van der Waals surface area contributed by atoms with Crippen molar-refractivity contribution in [1.82, 2.24) is 4.90 Å². The first-order chi connectivity index (χ1) is 11.7. The number of carbonyl (C=O) groups is 1. The zero-order valence-corrected chi connectivity index (χ0v) is 13.6. The van der Waals surface area contributed by atoms with Crippen molar-refractivity contribution in [1.29, 1.82) is 0 Å². The van der Waals surface area contributed by atoms with Crippen LogP contribution in [0.1, 0.15) is 33.0 Å². The van der Waals surface area contributed by atoms with Gasteiger partial charge in [-0.1, -0.05) is 42.5 Å². The number of phenolic OH excluding ortho intramolecular Hbond substituents is 1. The largest absolute Gasteiger partial charge is 0.508 e. The highest BCUT2D eigenvalue weighted by molar-refractivity contribution is 6.00. The molecule has 1 atom stereocenters. The maximum atomic E-state index is 11.9. The number of fused-ring (bicyclic) bond motifs is 2. The normalized spacial score (nSPS) is 17.6. The second-order valence-corrected chi connectivity index (χ2v) is 6.54. The van der Waals surface area contributed by atoms with Crippen LogP contribution in [0.4, 0.5) is 0 Å². The van der Waals surface area contributed by atoms with E-state index in [1.807, 2.05) is 36.4 Å². The Labute approximate surface area is 141 Å². The van der Waals surface area contributed by atoms with Gasteiger partial charge in [0.25, 0.3) is 0 Å². The van der Waals surface area contributed by atoms with E-state index in [1.54, 1.807) is 6.07 Å². The summed E-state index contributed by atoms with van der Waals surface area (Å²) in [5.41, 5.74) is 4.15. The number of hydrogen-bond donors (Lipinski definition) is 1. The Kier molecular flexibility index (Phi) is 3.58. The monoisotopic (exact) mass is 317 g/mol. The average Bonchev–Trinajstić information content (AvgIpc) is 2.59. The predicted molar refractivity (Wildman–Crippen MR) is 95.6 cm³/mol. The van der Waals surface area contributed by atoms with E-state index in [-0.39, 0.29) is 11.7 Å². The summed E-state index contributed by atoms with van der Waals surface area (Å²) in [6.45, 7) is 1.67. The number of likely N-dealkylation sites (N-methyl/N-ethyl adjacent to an activating group) is 1. The van der Waals surface area contributed by atoms with Crippen molar-refractivity contribution in [3.8, 4) is 5.75 Å². The quantitative estimate of drug-likeness (QED) is 0.728. The molecule has 24 heavy (non-hydrogen) atoms. The van der Waals surface area contributed by atoms with Crippen LogP contribution in [0.3, 0.4) is 0 Å². The lowest BCUT2D eigenvalue weighted by molar-refractivity contribution is 0.112. The van der Waals surface area contributed by atoms with Crippen LogP contribution in [0.5, 0.6) is 5.75 Å². The van der Waals surface area contributed by atoms with Gasteiger partial charge in [0.2, 0.25) is 0 Å². The number of aromatic hydroxyl groups is 1. The van der Waals surface area contributed by atoms with Crippen molar-refractivity contribution in [3.05, 3.63) is 76.9 Å². The summed E-state index contributed by atoms with van der Waals surface area (Å²) in [6, 6.07) is 17.7. The number of phenols is 1. The minimum atomic E-state index is 0.129. The molecular formula is C21H19NO2. The summed E-state index contributed by atoms with van der Waals surface area (Å²) in [5.74, 6) is 0.418. The molecule has 0 spiro atoms. The maximum Gasteiger partial charge on any atom is 0.150 e. The Morgan fingerprint density at radius 1 is 1.08 bits per heavy atom. The van der Waals surface area contributed by atoms with Gasteiger partial charge in [0, 0.05) is 24.6 Å². The number of aldehydes is 1. The van der Waals surface area contributed by atoms with Gasteiger partial charge in [0.15, 0.2) is 6.29 Å². The van der Waals surface area contributed by atoms with E-state index >= 15 is 0 Å². The smallest absolute Gasteiger partial charge is 0.150 e. The van der Waals surface area contributed by atoms with E-state index in [4.69, 9.17) is 0 Å². The second-order valence-electron chi connectivity index (χ2n) is 6.54. The summed E-state index contributed by atoms with van der Waals surface area (Å²) in [7, 11) is 2.07. The fourth-order valence-electron chi connectivity index (χ4n) is 3.85. The number of carbonyl (C=O) groups excluding carboxylic acids is 1. The summed E-state index contributed by atoms with van der Waals surface area (Å²) >= 11 is 0. The minimum Gasteiger partial charge on any atom is -0.508 e. The zero-order chi connectivity index (χ0) is 16.7. The topological polar surface area (TPSA) is 40.5 Å². The SMILES string of the molecule is CN1Cc2cc(O)ccc2[C@@H](c2ccc3ccccc3c2C=O)C1. The highest BCUT2D eigenvalue weighted by Gasteiger charge is 2.27. The van der Waals surface area contributed by atoms with Gasteiger partial charge in [-0.2, -0.15) is 0 Å². The van der Waals surface area contributed by atoms with Gasteiger partial charge < -0.3 is 10.0 Å². The molecule has 0 aliphatic carbocycles. The molecule has 0 aromatic heterocycles. The van der Waals surface area contributed by atoms with Gasteiger partial charge in [-0.05, 0) is 46.6 Å². The van der Waals surface area contributed by atoms with Crippen molar-refractivity contribution in [2.75, 3.05) is 13.6 Å². The van der Waals surface area contributed by atoms with Crippen LogP contribution in [0.15, 0.2) is 54.6 Å². The highest BCUT2D eigenvalue weighted by Crippen LogP contribution is 2.37. The molecule has 4 rings (SSSR count). The minimum absolute atomic E-state index is 0.129. The van der Waals surface area contributed by atoms with Crippen molar-refractivity contribution in [2.45, 2.75) is 12.5 Å². The molecule has 1 aliphatic rings. The van der Waals surface area contributed by atoms with Gasteiger partial charge in [-0.15, -0.1) is 0 Å². The number of nitrogens with zero attached hydrogens (tertiary/aromatic N) is 1. The van der Waals surface area contributed by atoms with Gasteiger partial charge >= 0.3 is 0 Å². The zero-order valence-electron chi connectivity index (χ0n) is 13.6. The summed E-state index contributed by atoms with van der Waals surface area (Å²) in [4.78, 5) is 14.1. The fourth-order valence-corrected chi connectivity index (χ4v) is 3.85. The standard InChI is InChI=1S/C21H19NO2/c1-22-11-15-10-16(24)7-9-18(15)20(12-22)19-8-6-14-4-2-3-5-17(14)21(19)13-23/h2-10,13,20,24H,11-12H2,1H3/t20-/m0/s1. The fraction of sp³-hybridized carbons (Fsp3) is 0.190. The lowest BCUT2D eigenvalue weighted by atomic mass is 9.81. The van der Waals surface area contributed by atoms with Crippen molar-refractivity contribution < 1.29 is 9.90 Å². The average molecular weight is 317 g/mol. The van der Waals surface area contributed by atoms with Gasteiger partial charge in [-0.3, -0.25) is 4.79 Å². The first-order valence-corrected chi connectivity index (χ1v) is 8.14. The van der Waals surface area contributed by atoms with E-state index in [9.17, 15) is 9.90 Å². The van der Waals surface area contributed by atoms with E-state index < -0.39 is 0 Å². The third kappa shape index (κ3) is 2.38. The molecule has 3 heteroatoms. The lowest BCUT2D eigenvalue weighted by Crippen LogP contribution is -2.31. The molecule has 3 aromatic carbocycles. The molecule has 0 fully saturated rings. The molecule has 1 N–H and O–H groups in total. The van der Waals surface area contributed by atoms with Gasteiger partial charge in [-0.25, -0.2) is 0 Å². The lowest BCUT2D eigenvalue weighted by Gasteiger charge is -2.33. The van der Waals surface area contributed by atoms with E-state index in [2.05, 4.69) is 24.1 Å². The molecular weight excluding hydrogens is 298 g/mol. The Bertz CT molecular complexity index is 932. The second kappa shape index (κ2) is 5.77. The molecule has 0 saturated carbocycles. The van der Waals surface area contributed by atoms with Gasteiger partial charge in [0.05, 0.1) is 0 Å². The Morgan fingerprint density at radius 3 is 2.71 bits per heavy atom.